The first kappa shape index (κ1) is 15.4. The highest BCUT2D eigenvalue weighted by Gasteiger charge is 2.13. The monoisotopic (exact) mass is 323 g/mol. The zero-order valence-electron chi connectivity index (χ0n) is 11.6. The highest BCUT2D eigenvalue weighted by atomic mass is 35.5. The second-order valence-corrected chi connectivity index (χ2v) is 4.97. The Morgan fingerprint density at radius 1 is 1.05 bits per heavy atom. The van der Waals surface area contributed by atoms with E-state index in [9.17, 15) is 0 Å². The molecule has 0 spiro atoms. The Morgan fingerprint density at radius 2 is 1.62 bits per heavy atom. The van der Waals surface area contributed by atoms with Gasteiger partial charge in [0.2, 0.25) is 0 Å². The van der Waals surface area contributed by atoms with Crippen LogP contribution < -0.4 is 19.9 Å². The second-order valence-electron chi connectivity index (χ2n) is 4.13. The molecule has 110 valence electrons. The second kappa shape index (κ2) is 6.65. The summed E-state index contributed by atoms with van der Waals surface area (Å²) < 4.78 is 16.2. The standard InChI is InChI=1S/C15H14ClNO3S/c1-18-9-6-10(19-2)8-11(7-9)20-13-5-3-4-12(16)14(13)15(17)21/h3-8H,1-2H3,(H2,17,21). The number of hydrogen-bond acceptors (Lipinski definition) is 4. The Hall–Kier alpha value is -1.98. The first-order valence-electron chi connectivity index (χ1n) is 6.04. The Labute approximate surface area is 133 Å². The van der Waals surface area contributed by atoms with Crippen molar-refractivity contribution in [3.63, 3.8) is 0 Å². The highest BCUT2D eigenvalue weighted by Crippen LogP contribution is 2.34. The third-order valence-corrected chi connectivity index (χ3v) is 3.29. The Kier molecular flexibility index (Phi) is 4.88. The van der Waals surface area contributed by atoms with E-state index in [1.807, 2.05) is 0 Å². The molecule has 0 fully saturated rings. The first-order chi connectivity index (χ1) is 10.0. The molecule has 2 aromatic carbocycles. The van der Waals surface area contributed by atoms with Gasteiger partial charge in [0.1, 0.15) is 28.0 Å². The van der Waals surface area contributed by atoms with Gasteiger partial charge in [-0.15, -0.1) is 0 Å². The van der Waals surface area contributed by atoms with E-state index in [0.717, 1.165) is 0 Å². The molecule has 0 atom stereocenters. The molecule has 2 aromatic rings. The summed E-state index contributed by atoms with van der Waals surface area (Å²) in [6.45, 7) is 0. The highest BCUT2D eigenvalue weighted by molar-refractivity contribution is 7.80. The number of hydrogen-bond donors (Lipinski definition) is 1. The summed E-state index contributed by atoms with van der Waals surface area (Å²) in [6, 6.07) is 10.4. The smallest absolute Gasteiger partial charge is 0.139 e. The molecule has 0 heterocycles. The molecule has 0 aliphatic carbocycles. The van der Waals surface area contributed by atoms with Crippen molar-refractivity contribution >= 4 is 28.8 Å². The molecular formula is C15H14ClNO3S. The molecule has 0 unspecified atom stereocenters. The van der Waals surface area contributed by atoms with Crippen molar-refractivity contribution in [2.75, 3.05) is 14.2 Å². The topological polar surface area (TPSA) is 53.7 Å². The van der Waals surface area contributed by atoms with Gasteiger partial charge in [0, 0.05) is 18.2 Å². The molecule has 0 saturated carbocycles. The molecule has 21 heavy (non-hydrogen) atoms. The summed E-state index contributed by atoms with van der Waals surface area (Å²) in [7, 11) is 3.14. The van der Waals surface area contributed by atoms with Crippen LogP contribution in [0, 0.1) is 0 Å². The van der Waals surface area contributed by atoms with Crippen molar-refractivity contribution in [2.24, 2.45) is 5.73 Å². The van der Waals surface area contributed by atoms with E-state index in [0.29, 0.717) is 33.6 Å². The van der Waals surface area contributed by atoms with Gasteiger partial charge in [0.15, 0.2) is 0 Å². The zero-order valence-corrected chi connectivity index (χ0v) is 13.1. The van der Waals surface area contributed by atoms with Gasteiger partial charge < -0.3 is 19.9 Å². The minimum atomic E-state index is 0.172. The summed E-state index contributed by atoms with van der Waals surface area (Å²) in [5.41, 5.74) is 6.20. The minimum absolute atomic E-state index is 0.172. The Morgan fingerprint density at radius 3 is 2.14 bits per heavy atom. The van der Waals surface area contributed by atoms with Crippen molar-refractivity contribution in [1.82, 2.24) is 0 Å². The fourth-order valence-corrected chi connectivity index (χ4v) is 2.33. The van der Waals surface area contributed by atoms with E-state index in [1.54, 1.807) is 50.6 Å². The van der Waals surface area contributed by atoms with Gasteiger partial charge >= 0.3 is 0 Å². The molecule has 2 rings (SSSR count). The lowest BCUT2D eigenvalue weighted by Crippen LogP contribution is -2.11. The lowest BCUT2D eigenvalue weighted by atomic mass is 10.2. The Balaban J connectivity index is 2.43. The number of halogens is 1. The van der Waals surface area contributed by atoms with Crippen LogP contribution >= 0.6 is 23.8 Å². The first-order valence-corrected chi connectivity index (χ1v) is 6.83. The van der Waals surface area contributed by atoms with Gasteiger partial charge in [-0.25, -0.2) is 0 Å². The summed E-state index contributed by atoms with van der Waals surface area (Å²) in [5.74, 6) is 2.24. The summed E-state index contributed by atoms with van der Waals surface area (Å²) in [6.07, 6.45) is 0. The molecule has 0 radical (unpaired) electrons. The van der Waals surface area contributed by atoms with E-state index in [1.165, 1.54) is 0 Å². The lowest BCUT2D eigenvalue weighted by Gasteiger charge is -2.13. The largest absolute Gasteiger partial charge is 0.496 e. The average Bonchev–Trinajstić information content (AvgIpc) is 2.46. The van der Waals surface area contributed by atoms with E-state index in [2.05, 4.69) is 0 Å². The van der Waals surface area contributed by atoms with Gasteiger partial charge in [-0.1, -0.05) is 29.9 Å². The molecule has 2 N–H and O–H groups in total. The van der Waals surface area contributed by atoms with Crippen molar-refractivity contribution < 1.29 is 14.2 Å². The number of methoxy groups -OCH3 is 2. The third-order valence-electron chi connectivity index (χ3n) is 2.77. The van der Waals surface area contributed by atoms with Crippen LogP contribution in [-0.2, 0) is 0 Å². The van der Waals surface area contributed by atoms with Crippen LogP contribution in [0.1, 0.15) is 5.56 Å². The van der Waals surface area contributed by atoms with Gasteiger partial charge in [-0.3, -0.25) is 0 Å². The maximum absolute atomic E-state index is 6.11. The van der Waals surface area contributed by atoms with Crippen LogP contribution in [0.2, 0.25) is 5.02 Å². The van der Waals surface area contributed by atoms with Gasteiger partial charge in [-0.2, -0.15) is 0 Å². The predicted octanol–water partition coefficient (Wildman–Crippen LogP) is 3.78. The number of nitrogens with two attached hydrogens (primary N) is 1. The predicted molar refractivity (Wildman–Crippen MR) is 87.0 cm³/mol. The molecular weight excluding hydrogens is 310 g/mol. The van der Waals surface area contributed by atoms with Gasteiger partial charge in [-0.05, 0) is 12.1 Å². The quantitative estimate of drug-likeness (QED) is 0.849. The number of ether oxygens (including phenoxy) is 3. The van der Waals surface area contributed by atoms with E-state index < -0.39 is 0 Å². The van der Waals surface area contributed by atoms with Crippen LogP contribution in [0.4, 0.5) is 0 Å². The van der Waals surface area contributed by atoms with Crippen LogP contribution in [-0.4, -0.2) is 19.2 Å². The fourth-order valence-electron chi connectivity index (χ4n) is 1.80. The summed E-state index contributed by atoms with van der Waals surface area (Å²) in [5, 5.41) is 0.440. The number of thiocarbonyl (C=S) groups is 1. The third kappa shape index (κ3) is 3.56. The lowest BCUT2D eigenvalue weighted by molar-refractivity contribution is 0.386. The number of benzene rings is 2. The fraction of sp³-hybridized carbons (Fsp3) is 0.133. The maximum Gasteiger partial charge on any atom is 0.139 e. The molecule has 4 nitrogen and oxygen atoms in total. The van der Waals surface area contributed by atoms with E-state index in [-0.39, 0.29) is 4.99 Å². The molecule has 0 aliphatic rings. The summed E-state index contributed by atoms with van der Waals surface area (Å²) >= 11 is 11.1. The van der Waals surface area contributed by atoms with Crippen molar-refractivity contribution in [2.45, 2.75) is 0 Å². The van der Waals surface area contributed by atoms with Crippen LogP contribution in [0.15, 0.2) is 36.4 Å². The van der Waals surface area contributed by atoms with E-state index >= 15 is 0 Å². The maximum atomic E-state index is 6.11. The molecule has 0 aromatic heterocycles. The van der Waals surface area contributed by atoms with Crippen molar-refractivity contribution in [3.05, 3.63) is 47.0 Å². The minimum Gasteiger partial charge on any atom is -0.496 e. The molecule has 0 aliphatic heterocycles. The number of rotatable bonds is 5. The van der Waals surface area contributed by atoms with Gasteiger partial charge in [0.25, 0.3) is 0 Å². The Bertz CT molecular complexity index is 654. The van der Waals surface area contributed by atoms with Crippen molar-refractivity contribution in [3.8, 4) is 23.0 Å². The molecule has 6 heteroatoms. The van der Waals surface area contributed by atoms with Crippen LogP contribution in [0.25, 0.3) is 0 Å². The van der Waals surface area contributed by atoms with Crippen LogP contribution in [0.3, 0.4) is 0 Å². The normalized spacial score (nSPS) is 10.0. The molecule has 0 amide bonds. The van der Waals surface area contributed by atoms with Crippen LogP contribution in [0.5, 0.6) is 23.0 Å². The van der Waals surface area contributed by atoms with Gasteiger partial charge in [0.05, 0.1) is 24.8 Å². The molecule has 0 bridgehead atoms. The van der Waals surface area contributed by atoms with E-state index in [4.69, 9.17) is 43.8 Å². The zero-order chi connectivity index (χ0) is 15.4. The SMILES string of the molecule is COc1cc(OC)cc(Oc2cccc(Cl)c2C(N)=S)c1. The summed E-state index contributed by atoms with van der Waals surface area (Å²) in [4.78, 5) is 0.172. The average molecular weight is 324 g/mol. The van der Waals surface area contributed by atoms with Crippen molar-refractivity contribution in [1.29, 1.82) is 0 Å². The molecule has 0 saturated heterocycles.